The second-order valence-corrected chi connectivity index (χ2v) is 7.78. The highest BCUT2D eigenvalue weighted by molar-refractivity contribution is 7.88. The standard InChI is InChI=1S/C13H22N2O5S/c1-21(19,20)15-8-3-2-6-11(15)12(16)14-7-4-5-10(9-14)13(17)18/h10-11H,2-9H2,1H3,(H,17,18)/t10-,11+/m1/s1. The number of piperidine rings is 2. The third-order valence-electron chi connectivity index (χ3n) is 4.25. The van der Waals surface area contributed by atoms with E-state index in [-0.39, 0.29) is 12.5 Å². The first-order valence-corrected chi connectivity index (χ1v) is 9.14. The third kappa shape index (κ3) is 3.74. The van der Waals surface area contributed by atoms with Gasteiger partial charge in [-0.15, -0.1) is 0 Å². The monoisotopic (exact) mass is 318 g/mol. The number of hydrogen-bond donors (Lipinski definition) is 1. The fraction of sp³-hybridized carbons (Fsp3) is 0.846. The molecule has 2 fully saturated rings. The average molecular weight is 318 g/mol. The van der Waals surface area contributed by atoms with Crippen LogP contribution in [0.5, 0.6) is 0 Å². The maximum absolute atomic E-state index is 12.6. The Morgan fingerprint density at radius 1 is 1.10 bits per heavy atom. The molecule has 2 heterocycles. The zero-order valence-corrected chi connectivity index (χ0v) is 13.0. The maximum atomic E-state index is 12.6. The SMILES string of the molecule is CS(=O)(=O)N1CCCC[C@H]1C(=O)N1CCC[C@@H](C(=O)O)C1. The van der Waals surface area contributed by atoms with Gasteiger partial charge in [-0.2, -0.15) is 4.31 Å². The molecule has 120 valence electrons. The average Bonchev–Trinajstić information content (AvgIpc) is 2.45. The number of carbonyl (C=O) groups is 2. The van der Waals surface area contributed by atoms with Crippen molar-refractivity contribution in [1.82, 2.24) is 9.21 Å². The smallest absolute Gasteiger partial charge is 0.308 e. The number of likely N-dealkylation sites (tertiary alicyclic amines) is 1. The van der Waals surface area contributed by atoms with Gasteiger partial charge in [-0.25, -0.2) is 8.42 Å². The minimum Gasteiger partial charge on any atom is -0.481 e. The van der Waals surface area contributed by atoms with Crippen molar-refractivity contribution in [3.63, 3.8) is 0 Å². The predicted molar refractivity (Wildman–Crippen MR) is 76.1 cm³/mol. The van der Waals surface area contributed by atoms with Gasteiger partial charge in [0, 0.05) is 19.6 Å². The summed E-state index contributed by atoms with van der Waals surface area (Å²) in [4.78, 5) is 25.2. The minimum atomic E-state index is -3.42. The number of sulfonamides is 1. The lowest BCUT2D eigenvalue weighted by Gasteiger charge is -2.38. The molecular weight excluding hydrogens is 296 g/mol. The molecule has 0 aromatic carbocycles. The van der Waals surface area contributed by atoms with Crippen molar-refractivity contribution in [2.24, 2.45) is 5.92 Å². The lowest BCUT2D eigenvalue weighted by Crippen LogP contribution is -2.54. The molecule has 8 heteroatoms. The summed E-state index contributed by atoms with van der Waals surface area (Å²) in [5.74, 6) is -1.68. The van der Waals surface area contributed by atoms with Gasteiger partial charge >= 0.3 is 5.97 Å². The van der Waals surface area contributed by atoms with Gasteiger partial charge in [0.15, 0.2) is 0 Å². The number of hydrogen-bond acceptors (Lipinski definition) is 4. The zero-order chi connectivity index (χ0) is 15.6. The van der Waals surface area contributed by atoms with E-state index in [4.69, 9.17) is 5.11 Å². The molecule has 21 heavy (non-hydrogen) atoms. The van der Waals surface area contributed by atoms with E-state index in [1.54, 1.807) is 0 Å². The maximum Gasteiger partial charge on any atom is 0.308 e. The van der Waals surface area contributed by atoms with Crippen LogP contribution in [0.15, 0.2) is 0 Å². The van der Waals surface area contributed by atoms with Gasteiger partial charge in [0.25, 0.3) is 0 Å². The molecule has 0 spiro atoms. The summed E-state index contributed by atoms with van der Waals surface area (Å²) in [6.07, 6.45) is 4.43. The van der Waals surface area contributed by atoms with Gasteiger partial charge in [-0.3, -0.25) is 9.59 Å². The molecule has 0 saturated carbocycles. The molecule has 2 atom stereocenters. The Kier molecular flexibility index (Phi) is 4.88. The van der Waals surface area contributed by atoms with Gasteiger partial charge in [0.05, 0.1) is 12.2 Å². The molecule has 0 unspecified atom stereocenters. The Morgan fingerprint density at radius 2 is 1.81 bits per heavy atom. The van der Waals surface area contributed by atoms with Crippen LogP contribution in [0.4, 0.5) is 0 Å². The Labute approximate surface area is 125 Å². The lowest BCUT2D eigenvalue weighted by molar-refractivity contribution is -0.147. The second-order valence-electron chi connectivity index (χ2n) is 5.85. The fourth-order valence-electron chi connectivity index (χ4n) is 3.14. The van der Waals surface area contributed by atoms with Crippen molar-refractivity contribution in [1.29, 1.82) is 0 Å². The number of carbonyl (C=O) groups excluding carboxylic acids is 1. The number of rotatable bonds is 3. The fourth-order valence-corrected chi connectivity index (χ4v) is 4.26. The number of nitrogens with zero attached hydrogens (tertiary/aromatic N) is 2. The number of amides is 1. The summed E-state index contributed by atoms with van der Waals surface area (Å²) in [6.45, 7) is 1.06. The molecular formula is C13H22N2O5S. The minimum absolute atomic E-state index is 0.183. The van der Waals surface area contributed by atoms with Gasteiger partial charge < -0.3 is 10.0 Å². The predicted octanol–water partition coefficient (Wildman–Crippen LogP) is 0.124. The summed E-state index contributed by atoms with van der Waals surface area (Å²) >= 11 is 0. The zero-order valence-electron chi connectivity index (χ0n) is 12.2. The van der Waals surface area contributed by atoms with Crippen LogP contribution in [-0.2, 0) is 19.6 Å². The van der Waals surface area contributed by atoms with Gasteiger partial charge in [0.1, 0.15) is 6.04 Å². The van der Waals surface area contributed by atoms with E-state index in [1.807, 2.05) is 0 Å². The van der Waals surface area contributed by atoms with Crippen LogP contribution in [0.2, 0.25) is 0 Å². The molecule has 2 aliphatic heterocycles. The van der Waals surface area contributed by atoms with Crippen LogP contribution in [0.25, 0.3) is 0 Å². The van der Waals surface area contributed by atoms with Crippen molar-refractivity contribution in [3.05, 3.63) is 0 Å². The molecule has 1 amide bonds. The van der Waals surface area contributed by atoms with E-state index in [1.165, 1.54) is 9.21 Å². The summed E-state index contributed by atoms with van der Waals surface area (Å²) in [7, 11) is -3.42. The van der Waals surface area contributed by atoms with Gasteiger partial charge in [-0.05, 0) is 25.7 Å². The number of carboxylic acid groups (broad SMARTS) is 1. The van der Waals surface area contributed by atoms with Crippen LogP contribution in [0, 0.1) is 5.92 Å². The lowest BCUT2D eigenvalue weighted by atomic mass is 9.96. The summed E-state index contributed by atoms with van der Waals surface area (Å²) in [5.41, 5.74) is 0. The molecule has 7 nitrogen and oxygen atoms in total. The highest BCUT2D eigenvalue weighted by atomic mass is 32.2. The molecule has 0 aromatic rings. The summed E-state index contributed by atoms with van der Waals surface area (Å²) in [5, 5.41) is 9.09. The van der Waals surface area contributed by atoms with E-state index in [2.05, 4.69) is 0 Å². The highest BCUT2D eigenvalue weighted by Crippen LogP contribution is 2.24. The Hall–Kier alpha value is -1.15. The summed E-state index contributed by atoms with van der Waals surface area (Å²) in [6, 6.07) is -0.665. The Morgan fingerprint density at radius 3 is 2.43 bits per heavy atom. The number of aliphatic carboxylic acids is 1. The van der Waals surface area contributed by atoms with Gasteiger partial charge in [0.2, 0.25) is 15.9 Å². The molecule has 2 rings (SSSR count). The molecule has 2 saturated heterocycles. The first-order chi connectivity index (χ1) is 9.80. The van der Waals surface area contributed by atoms with E-state index < -0.39 is 28.0 Å². The van der Waals surface area contributed by atoms with Crippen LogP contribution in [-0.4, -0.2) is 66.5 Å². The topological polar surface area (TPSA) is 95.0 Å². The van der Waals surface area contributed by atoms with Crippen molar-refractivity contribution < 1.29 is 23.1 Å². The van der Waals surface area contributed by atoms with Crippen LogP contribution in [0.1, 0.15) is 32.1 Å². The highest BCUT2D eigenvalue weighted by Gasteiger charge is 2.38. The van der Waals surface area contributed by atoms with Crippen molar-refractivity contribution in [3.8, 4) is 0 Å². The number of carboxylic acids is 1. The van der Waals surface area contributed by atoms with Gasteiger partial charge in [-0.1, -0.05) is 6.42 Å². The third-order valence-corrected chi connectivity index (χ3v) is 5.54. The first kappa shape index (κ1) is 16.2. The van der Waals surface area contributed by atoms with Crippen LogP contribution in [0.3, 0.4) is 0 Å². The van der Waals surface area contributed by atoms with Crippen molar-refractivity contribution >= 4 is 21.9 Å². The van der Waals surface area contributed by atoms with Crippen LogP contribution >= 0.6 is 0 Å². The first-order valence-electron chi connectivity index (χ1n) is 7.29. The molecule has 0 aliphatic carbocycles. The molecule has 2 aliphatic rings. The normalized spacial score (nSPS) is 28.3. The molecule has 0 aromatic heterocycles. The van der Waals surface area contributed by atoms with E-state index in [0.29, 0.717) is 32.4 Å². The second kappa shape index (κ2) is 6.31. The Bertz CT molecular complexity index is 519. The quantitative estimate of drug-likeness (QED) is 0.798. The van der Waals surface area contributed by atoms with Crippen LogP contribution < -0.4 is 0 Å². The van der Waals surface area contributed by atoms with Crippen molar-refractivity contribution in [2.45, 2.75) is 38.1 Å². The molecule has 0 radical (unpaired) electrons. The van der Waals surface area contributed by atoms with E-state index in [9.17, 15) is 18.0 Å². The largest absolute Gasteiger partial charge is 0.481 e. The van der Waals surface area contributed by atoms with E-state index >= 15 is 0 Å². The van der Waals surface area contributed by atoms with E-state index in [0.717, 1.165) is 19.1 Å². The summed E-state index contributed by atoms with van der Waals surface area (Å²) < 4.78 is 24.9. The molecule has 1 N–H and O–H groups in total. The van der Waals surface area contributed by atoms with Crippen molar-refractivity contribution in [2.75, 3.05) is 25.9 Å². The molecule has 0 bridgehead atoms. The Balaban J connectivity index is 2.12.